The van der Waals surface area contributed by atoms with Crippen molar-refractivity contribution >= 4 is 28.7 Å². The molecule has 0 aliphatic rings. The monoisotopic (exact) mass is 385 g/mol. The molecule has 1 heterocycles. The number of fused-ring (bicyclic) bond motifs is 1. The summed E-state index contributed by atoms with van der Waals surface area (Å²) in [6.45, 7) is 7.05. The highest BCUT2D eigenvalue weighted by molar-refractivity contribution is 5.92. The molecule has 28 heavy (non-hydrogen) atoms. The third kappa shape index (κ3) is 5.45. The summed E-state index contributed by atoms with van der Waals surface area (Å²) in [5.41, 5.74) is 1.80. The number of rotatable bonds is 10. The van der Waals surface area contributed by atoms with Gasteiger partial charge in [-0.2, -0.15) is 0 Å². The summed E-state index contributed by atoms with van der Waals surface area (Å²) in [5, 5.41) is 15.6. The number of benzene rings is 1. The lowest BCUT2D eigenvalue weighted by Crippen LogP contribution is -2.53. The Morgan fingerprint density at radius 2 is 1.82 bits per heavy atom. The number of allylic oxidation sites excluding steroid dienone is 1. The molecule has 2 unspecified atom stereocenters. The van der Waals surface area contributed by atoms with Crippen molar-refractivity contribution in [1.29, 1.82) is 0 Å². The molecule has 7 nitrogen and oxygen atoms in total. The van der Waals surface area contributed by atoms with Crippen LogP contribution in [0.15, 0.2) is 43.1 Å². The summed E-state index contributed by atoms with van der Waals surface area (Å²) in [7, 11) is 0. The highest BCUT2D eigenvalue weighted by atomic mass is 16.4. The van der Waals surface area contributed by atoms with E-state index in [9.17, 15) is 19.5 Å². The number of carbonyl (C=O) groups is 3. The predicted octanol–water partition coefficient (Wildman–Crippen LogP) is 2.39. The first-order chi connectivity index (χ1) is 13.3. The Labute approximate surface area is 164 Å². The quantitative estimate of drug-likeness (QED) is 0.471. The first kappa shape index (κ1) is 21.2. The van der Waals surface area contributed by atoms with Crippen LogP contribution in [0.25, 0.3) is 10.9 Å². The molecule has 150 valence electrons. The first-order valence-corrected chi connectivity index (χ1v) is 9.33. The number of amides is 2. The van der Waals surface area contributed by atoms with E-state index in [2.05, 4.69) is 22.2 Å². The Hall–Kier alpha value is -3.09. The number of nitrogens with one attached hydrogen (secondary N) is 3. The van der Waals surface area contributed by atoms with Gasteiger partial charge >= 0.3 is 5.97 Å². The average Bonchev–Trinajstić information content (AvgIpc) is 3.07. The van der Waals surface area contributed by atoms with E-state index in [1.165, 1.54) is 0 Å². The van der Waals surface area contributed by atoms with Gasteiger partial charge in [0.1, 0.15) is 12.1 Å². The summed E-state index contributed by atoms with van der Waals surface area (Å²) in [4.78, 5) is 39.6. The molecule has 2 atom stereocenters. The van der Waals surface area contributed by atoms with E-state index in [-0.39, 0.29) is 24.7 Å². The predicted molar refractivity (Wildman–Crippen MR) is 108 cm³/mol. The van der Waals surface area contributed by atoms with Gasteiger partial charge in [-0.3, -0.25) is 9.59 Å². The van der Waals surface area contributed by atoms with E-state index in [1.54, 1.807) is 26.1 Å². The van der Waals surface area contributed by atoms with Crippen molar-refractivity contribution in [3.8, 4) is 0 Å². The molecule has 0 bridgehead atoms. The van der Waals surface area contributed by atoms with Gasteiger partial charge in [-0.25, -0.2) is 4.79 Å². The van der Waals surface area contributed by atoms with Crippen molar-refractivity contribution in [1.82, 2.24) is 15.6 Å². The minimum atomic E-state index is -1.11. The second-order valence-electron chi connectivity index (χ2n) is 7.04. The van der Waals surface area contributed by atoms with E-state index < -0.39 is 24.0 Å². The van der Waals surface area contributed by atoms with Crippen LogP contribution in [-0.2, 0) is 20.8 Å². The molecule has 0 spiro atoms. The van der Waals surface area contributed by atoms with Crippen LogP contribution in [-0.4, -0.2) is 40.0 Å². The Kier molecular flexibility index (Phi) is 7.37. The highest BCUT2D eigenvalue weighted by Crippen LogP contribution is 2.19. The summed E-state index contributed by atoms with van der Waals surface area (Å²) < 4.78 is 0. The van der Waals surface area contributed by atoms with Crippen molar-refractivity contribution in [2.75, 3.05) is 0 Å². The zero-order chi connectivity index (χ0) is 20.7. The Balaban J connectivity index is 2.22. The van der Waals surface area contributed by atoms with Gasteiger partial charge in [0.2, 0.25) is 11.8 Å². The molecule has 7 heteroatoms. The Morgan fingerprint density at radius 3 is 2.46 bits per heavy atom. The highest BCUT2D eigenvalue weighted by Gasteiger charge is 2.27. The maximum Gasteiger partial charge on any atom is 0.326 e. The number of carboxylic acid groups (broad SMARTS) is 1. The third-order valence-corrected chi connectivity index (χ3v) is 4.53. The lowest BCUT2D eigenvalue weighted by molar-refractivity contribution is -0.142. The number of H-pyrrole nitrogens is 1. The fourth-order valence-corrected chi connectivity index (χ4v) is 2.88. The van der Waals surface area contributed by atoms with E-state index in [0.717, 1.165) is 16.5 Å². The largest absolute Gasteiger partial charge is 0.480 e. The fourth-order valence-electron chi connectivity index (χ4n) is 2.88. The van der Waals surface area contributed by atoms with Crippen molar-refractivity contribution in [2.45, 2.75) is 45.2 Å². The minimum Gasteiger partial charge on any atom is -0.480 e. The second kappa shape index (κ2) is 9.73. The van der Waals surface area contributed by atoms with Crippen LogP contribution in [0.2, 0.25) is 0 Å². The molecule has 2 aromatic rings. The number of hydrogen-bond donors (Lipinski definition) is 4. The van der Waals surface area contributed by atoms with Gasteiger partial charge in [-0.1, -0.05) is 38.1 Å². The van der Waals surface area contributed by atoms with Crippen molar-refractivity contribution in [2.24, 2.45) is 5.92 Å². The van der Waals surface area contributed by atoms with Gasteiger partial charge in [0.15, 0.2) is 0 Å². The van der Waals surface area contributed by atoms with Crippen LogP contribution in [0.5, 0.6) is 0 Å². The van der Waals surface area contributed by atoms with E-state index in [1.807, 2.05) is 24.3 Å². The van der Waals surface area contributed by atoms with Gasteiger partial charge < -0.3 is 20.7 Å². The fraction of sp³-hybridized carbons (Fsp3) is 0.381. The van der Waals surface area contributed by atoms with Crippen molar-refractivity contribution in [3.63, 3.8) is 0 Å². The van der Waals surface area contributed by atoms with Crippen LogP contribution < -0.4 is 10.6 Å². The molecule has 0 radical (unpaired) electrons. The topological polar surface area (TPSA) is 111 Å². The van der Waals surface area contributed by atoms with E-state index >= 15 is 0 Å². The molecule has 2 rings (SSSR count). The smallest absolute Gasteiger partial charge is 0.326 e. The van der Waals surface area contributed by atoms with Gasteiger partial charge in [0.25, 0.3) is 0 Å². The SMILES string of the molecule is C=CCCC(NC(=O)C(Cc1c[nH]c2ccccc12)NC(=O)C(C)C)C(=O)O. The Bertz CT molecular complexity index is 856. The number of aromatic amines is 1. The maximum atomic E-state index is 12.8. The maximum absolute atomic E-state index is 12.8. The second-order valence-corrected chi connectivity index (χ2v) is 7.04. The zero-order valence-electron chi connectivity index (χ0n) is 16.2. The minimum absolute atomic E-state index is 0.239. The van der Waals surface area contributed by atoms with E-state index in [4.69, 9.17) is 0 Å². The lowest BCUT2D eigenvalue weighted by atomic mass is 10.0. The molecule has 0 aliphatic carbocycles. The standard InChI is InChI=1S/C21H27N3O4/c1-4-5-9-17(21(27)28)23-20(26)18(24-19(25)13(2)3)11-14-12-22-16-10-7-6-8-15(14)16/h4,6-8,10,12-13,17-18,22H,1,5,9,11H2,2-3H3,(H,23,26)(H,24,25)(H,27,28). The summed E-state index contributed by atoms with van der Waals surface area (Å²) in [6, 6.07) is 5.76. The molecule has 0 aliphatic heterocycles. The van der Waals surface area contributed by atoms with Crippen molar-refractivity contribution in [3.05, 3.63) is 48.7 Å². The van der Waals surface area contributed by atoms with Gasteiger partial charge in [0.05, 0.1) is 0 Å². The van der Waals surface area contributed by atoms with Crippen LogP contribution in [0.3, 0.4) is 0 Å². The lowest BCUT2D eigenvalue weighted by Gasteiger charge is -2.22. The summed E-state index contributed by atoms with van der Waals surface area (Å²) >= 11 is 0. The van der Waals surface area contributed by atoms with Gasteiger partial charge in [-0.05, 0) is 24.5 Å². The van der Waals surface area contributed by atoms with Crippen LogP contribution >= 0.6 is 0 Å². The molecule has 1 aromatic carbocycles. The third-order valence-electron chi connectivity index (χ3n) is 4.53. The molecular formula is C21H27N3O4. The number of carbonyl (C=O) groups excluding carboxylic acids is 2. The number of hydrogen-bond acceptors (Lipinski definition) is 3. The Morgan fingerprint density at radius 1 is 1.14 bits per heavy atom. The number of para-hydroxylation sites is 1. The molecule has 0 saturated carbocycles. The molecule has 4 N–H and O–H groups in total. The zero-order valence-corrected chi connectivity index (χ0v) is 16.2. The number of aromatic nitrogens is 1. The van der Waals surface area contributed by atoms with Crippen LogP contribution in [0.4, 0.5) is 0 Å². The molecular weight excluding hydrogens is 358 g/mol. The van der Waals surface area contributed by atoms with E-state index in [0.29, 0.717) is 6.42 Å². The number of carboxylic acids is 1. The summed E-state index contributed by atoms with van der Waals surface area (Å²) in [6.07, 6.45) is 4.36. The summed E-state index contributed by atoms with van der Waals surface area (Å²) in [5.74, 6) is -2.20. The molecule has 1 aromatic heterocycles. The molecule has 0 fully saturated rings. The molecule has 0 saturated heterocycles. The van der Waals surface area contributed by atoms with Crippen molar-refractivity contribution < 1.29 is 19.5 Å². The first-order valence-electron chi connectivity index (χ1n) is 9.33. The van der Waals surface area contributed by atoms with Crippen LogP contribution in [0, 0.1) is 5.92 Å². The number of aliphatic carboxylic acids is 1. The van der Waals surface area contributed by atoms with Gasteiger partial charge in [0, 0.05) is 29.4 Å². The van der Waals surface area contributed by atoms with Gasteiger partial charge in [-0.15, -0.1) is 6.58 Å². The average molecular weight is 385 g/mol. The molecule has 2 amide bonds. The normalized spacial score (nSPS) is 13.1. The van der Waals surface area contributed by atoms with Crippen LogP contribution in [0.1, 0.15) is 32.3 Å².